The molecule has 0 spiro atoms. The summed E-state index contributed by atoms with van der Waals surface area (Å²) < 4.78 is 11.6. The number of aromatic nitrogens is 2. The van der Waals surface area contributed by atoms with Crippen molar-refractivity contribution in [3.63, 3.8) is 0 Å². The van der Waals surface area contributed by atoms with Gasteiger partial charge < -0.3 is 19.7 Å². The molecule has 194 valence electrons. The SMILES string of the molecule is CC[C@]1(C(=O)N2C[C@@H](C)O[C@@H](C)C2)CCc2c(sc3ncnc(Nc4cc5c(cc4OC)CN=C5)c23)C1. The average molecular weight is 520 g/mol. The smallest absolute Gasteiger partial charge is 0.229 e. The van der Waals surface area contributed by atoms with Crippen LogP contribution in [0.25, 0.3) is 10.2 Å². The summed E-state index contributed by atoms with van der Waals surface area (Å²) in [5, 5.41) is 4.59. The maximum Gasteiger partial charge on any atom is 0.229 e. The number of methoxy groups -OCH3 is 1. The molecule has 8 nitrogen and oxygen atoms in total. The van der Waals surface area contributed by atoms with E-state index in [9.17, 15) is 4.79 Å². The summed E-state index contributed by atoms with van der Waals surface area (Å²) in [7, 11) is 1.68. The molecule has 3 aliphatic rings. The van der Waals surface area contributed by atoms with Crippen LogP contribution in [0.4, 0.5) is 11.5 Å². The topological polar surface area (TPSA) is 88.9 Å². The first-order valence-electron chi connectivity index (χ1n) is 13.1. The third kappa shape index (κ3) is 4.18. The van der Waals surface area contributed by atoms with Crippen molar-refractivity contribution in [1.29, 1.82) is 0 Å². The van der Waals surface area contributed by atoms with Gasteiger partial charge in [0, 0.05) is 24.2 Å². The monoisotopic (exact) mass is 519 g/mol. The van der Waals surface area contributed by atoms with E-state index in [0.717, 1.165) is 64.3 Å². The number of aliphatic imine (C=N–C) groups is 1. The normalized spacial score (nSPS) is 24.7. The van der Waals surface area contributed by atoms with Crippen molar-refractivity contribution in [2.45, 2.75) is 65.2 Å². The minimum atomic E-state index is -0.381. The van der Waals surface area contributed by atoms with E-state index < -0.39 is 0 Å². The first-order chi connectivity index (χ1) is 17.9. The van der Waals surface area contributed by atoms with E-state index in [1.54, 1.807) is 24.8 Å². The number of anilines is 2. The van der Waals surface area contributed by atoms with Gasteiger partial charge in [0.15, 0.2) is 0 Å². The Labute approximate surface area is 221 Å². The number of amides is 1. The molecule has 37 heavy (non-hydrogen) atoms. The van der Waals surface area contributed by atoms with Gasteiger partial charge in [-0.1, -0.05) is 6.92 Å². The second-order valence-corrected chi connectivity index (χ2v) is 11.6. The number of fused-ring (bicyclic) bond motifs is 4. The zero-order valence-electron chi connectivity index (χ0n) is 21.8. The van der Waals surface area contributed by atoms with Gasteiger partial charge in [0.25, 0.3) is 0 Å². The molecule has 1 amide bonds. The maximum atomic E-state index is 13.9. The molecule has 3 atom stereocenters. The zero-order chi connectivity index (χ0) is 25.7. The Bertz CT molecular complexity index is 1390. The largest absolute Gasteiger partial charge is 0.495 e. The first-order valence-corrected chi connectivity index (χ1v) is 13.9. The molecule has 0 saturated carbocycles. The molecular weight excluding hydrogens is 486 g/mol. The number of aryl methyl sites for hydroxylation is 1. The van der Waals surface area contributed by atoms with E-state index in [4.69, 9.17) is 9.47 Å². The van der Waals surface area contributed by atoms with Crippen molar-refractivity contribution < 1.29 is 14.3 Å². The summed E-state index contributed by atoms with van der Waals surface area (Å²) >= 11 is 1.70. The Morgan fingerprint density at radius 1 is 1.27 bits per heavy atom. The van der Waals surface area contributed by atoms with Crippen molar-refractivity contribution in [3.8, 4) is 5.75 Å². The summed E-state index contributed by atoms with van der Waals surface area (Å²) in [6.45, 7) is 8.26. The molecule has 1 aromatic carbocycles. The summed E-state index contributed by atoms with van der Waals surface area (Å²) in [6.07, 6.45) is 6.88. The number of rotatable bonds is 5. The van der Waals surface area contributed by atoms with Crippen LogP contribution in [-0.2, 0) is 28.9 Å². The van der Waals surface area contributed by atoms with Crippen LogP contribution in [0.15, 0.2) is 23.5 Å². The number of morpholine rings is 1. The Kier molecular flexibility index (Phi) is 6.15. The second-order valence-electron chi connectivity index (χ2n) is 10.5. The van der Waals surface area contributed by atoms with Gasteiger partial charge in [0.05, 0.1) is 42.4 Å². The molecule has 1 fully saturated rings. The summed E-state index contributed by atoms with van der Waals surface area (Å²) in [4.78, 5) is 31.8. The standard InChI is InChI=1S/C28H33N5O3S/c1-5-28(27(34)33-13-16(2)36-17(3)14-33)7-6-20-23(10-28)37-26-24(20)25(30-15-31-26)32-21-8-18-11-29-12-19(18)9-22(21)35-4/h8-9,11,15-17H,5-7,10,12-14H2,1-4H3,(H,30,31,32)/t16-,17+,28-/m0/s1. The number of benzene rings is 1. The van der Waals surface area contributed by atoms with Gasteiger partial charge in [0.1, 0.15) is 22.7 Å². The van der Waals surface area contributed by atoms with Crippen molar-refractivity contribution in [1.82, 2.24) is 14.9 Å². The molecule has 2 aromatic heterocycles. The molecule has 6 rings (SSSR count). The molecule has 3 aromatic rings. The highest BCUT2D eigenvalue weighted by atomic mass is 32.1. The van der Waals surface area contributed by atoms with E-state index in [2.05, 4.69) is 47.1 Å². The number of nitrogens with zero attached hydrogens (tertiary/aromatic N) is 4. The summed E-state index contributed by atoms with van der Waals surface area (Å²) in [6, 6.07) is 4.11. The van der Waals surface area contributed by atoms with Gasteiger partial charge >= 0.3 is 0 Å². The van der Waals surface area contributed by atoms with Crippen molar-refractivity contribution in [2.24, 2.45) is 10.4 Å². The molecule has 4 heterocycles. The summed E-state index contributed by atoms with van der Waals surface area (Å²) in [5.74, 6) is 1.82. The van der Waals surface area contributed by atoms with Crippen LogP contribution in [0.3, 0.4) is 0 Å². The highest BCUT2D eigenvalue weighted by Gasteiger charge is 2.45. The van der Waals surface area contributed by atoms with Gasteiger partial charge in [-0.25, -0.2) is 9.97 Å². The van der Waals surface area contributed by atoms with Crippen molar-refractivity contribution >= 4 is 45.2 Å². The molecule has 9 heteroatoms. The number of ether oxygens (including phenoxy) is 2. The van der Waals surface area contributed by atoms with Crippen LogP contribution >= 0.6 is 11.3 Å². The van der Waals surface area contributed by atoms with E-state index in [1.807, 2.05) is 17.2 Å². The van der Waals surface area contributed by atoms with Crippen LogP contribution in [0.2, 0.25) is 0 Å². The third-order valence-electron chi connectivity index (χ3n) is 8.07. The lowest BCUT2D eigenvalue weighted by Crippen LogP contribution is -2.54. The minimum Gasteiger partial charge on any atom is -0.495 e. The number of hydrogen-bond donors (Lipinski definition) is 1. The van der Waals surface area contributed by atoms with Crippen LogP contribution in [0.5, 0.6) is 5.75 Å². The second kappa shape index (κ2) is 9.36. The molecule has 0 bridgehead atoms. The van der Waals surface area contributed by atoms with E-state index >= 15 is 0 Å². The van der Waals surface area contributed by atoms with Gasteiger partial charge in [0.2, 0.25) is 5.91 Å². The Morgan fingerprint density at radius 3 is 2.84 bits per heavy atom. The van der Waals surface area contributed by atoms with E-state index in [0.29, 0.717) is 19.6 Å². The molecule has 1 aliphatic carbocycles. The minimum absolute atomic E-state index is 0.0662. The van der Waals surface area contributed by atoms with Crippen molar-refractivity contribution in [3.05, 3.63) is 40.0 Å². The maximum absolute atomic E-state index is 13.9. The predicted octanol–water partition coefficient (Wildman–Crippen LogP) is 4.90. The fourth-order valence-corrected chi connectivity index (χ4v) is 7.48. The number of nitrogens with one attached hydrogen (secondary N) is 1. The molecule has 2 aliphatic heterocycles. The van der Waals surface area contributed by atoms with Gasteiger partial charge in [-0.3, -0.25) is 9.79 Å². The lowest BCUT2D eigenvalue weighted by molar-refractivity contribution is -0.155. The lowest BCUT2D eigenvalue weighted by Gasteiger charge is -2.43. The first kappa shape index (κ1) is 24.3. The molecule has 1 N–H and O–H groups in total. The molecular formula is C28H33N5O3S. The molecule has 0 radical (unpaired) electrons. The predicted molar refractivity (Wildman–Crippen MR) is 146 cm³/mol. The lowest BCUT2D eigenvalue weighted by atomic mass is 9.71. The molecule has 0 unspecified atom stereocenters. The number of hydrogen-bond acceptors (Lipinski definition) is 8. The quantitative estimate of drug-likeness (QED) is 0.516. The van der Waals surface area contributed by atoms with Crippen LogP contribution in [-0.4, -0.2) is 59.4 Å². The zero-order valence-corrected chi connectivity index (χ0v) is 22.7. The Balaban J connectivity index is 1.33. The highest BCUT2D eigenvalue weighted by Crippen LogP contribution is 2.47. The Morgan fingerprint density at radius 2 is 2.08 bits per heavy atom. The van der Waals surface area contributed by atoms with Crippen LogP contribution < -0.4 is 10.1 Å². The fraction of sp³-hybridized carbons (Fsp3) is 0.500. The van der Waals surface area contributed by atoms with Gasteiger partial charge in [-0.05, 0) is 68.4 Å². The van der Waals surface area contributed by atoms with E-state index in [-0.39, 0.29) is 23.5 Å². The van der Waals surface area contributed by atoms with Crippen LogP contribution in [0.1, 0.15) is 55.2 Å². The fourth-order valence-electron chi connectivity index (χ4n) is 6.15. The third-order valence-corrected chi connectivity index (χ3v) is 9.21. The Hall–Kier alpha value is -3.04. The summed E-state index contributed by atoms with van der Waals surface area (Å²) in [5.41, 5.74) is 4.00. The van der Waals surface area contributed by atoms with Crippen LogP contribution in [0, 0.1) is 5.41 Å². The van der Waals surface area contributed by atoms with Gasteiger partial charge in [-0.2, -0.15) is 0 Å². The number of carbonyl (C=O) groups excluding carboxylic acids is 1. The highest BCUT2D eigenvalue weighted by molar-refractivity contribution is 7.19. The van der Waals surface area contributed by atoms with E-state index in [1.165, 1.54) is 10.4 Å². The molecule has 1 saturated heterocycles. The van der Waals surface area contributed by atoms with Gasteiger partial charge in [-0.15, -0.1) is 11.3 Å². The van der Waals surface area contributed by atoms with Crippen molar-refractivity contribution in [2.75, 3.05) is 25.5 Å². The number of thiophene rings is 1. The average Bonchev–Trinajstić information content (AvgIpc) is 3.50. The number of carbonyl (C=O) groups is 1.